The average molecular weight is 909 g/mol. The number of alkyl halides is 2. The van der Waals surface area contributed by atoms with E-state index >= 15 is 0 Å². The fraction of sp³-hybridized carbons (Fsp3) is 0.531. The Morgan fingerprint density at radius 3 is 2.36 bits per heavy atom. The number of benzene rings is 2. The van der Waals surface area contributed by atoms with Gasteiger partial charge in [0.1, 0.15) is 11.9 Å². The van der Waals surface area contributed by atoms with E-state index in [2.05, 4.69) is 25.8 Å². The molecule has 0 aromatic heterocycles. The minimum Gasteiger partial charge on any atom is -0.393 e. The molecule has 6 aliphatic heterocycles. The molecule has 6 heterocycles. The summed E-state index contributed by atoms with van der Waals surface area (Å²) in [4.78, 5) is 73.3. The summed E-state index contributed by atoms with van der Waals surface area (Å²) < 4.78 is 29.1. The van der Waals surface area contributed by atoms with Crippen LogP contribution in [0, 0.1) is 16.7 Å². The average Bonchev–Trinajstić information content (AvgIpc) is 3.57. The largest absolute Gasteiger partial charge is 0.393 e. The maximum Gasteiger partial charge on any atom is 0.264 e. The van der Waals surface area contributed by atoms with E-state index in [1.807, 2.05) is 11.0 Å². The maximum atomic E-state index is 14.6. The zero-order chi connectivity index (χ0) is 46.6. The predicted octanol–water partition coefficient (Wildman–Crippen LogP) is 4.87. The van der Waals surface area contributed by atoms with Crippen molar-refractivity contribution in [1.82, 2.24) is 35.6 Å². The molecule has 5 N–H and O–H groups in total. The van der Waals surface area contributed by atoms with Crippen molar-refractivity contribution in [3.63, 3.8) is 0 Å². The first kappa shape index (κ1) is 46.7. The van der Waals surface area contributed by atoms with Crippen LogP contribution in [0.1, 0.15) is 114 Å². The smallest absolute Gasteiger partial charge is 0.264 e. The molecule has 0 spiro atoms. The molecule has 0 bridgehead atoms. The highest BCUT2D eigenvalue weighted by Gasteiger charge is 2.45. The van der Waals surface area contributed by atoms with Crippen LogP contribution in [0.2, 0.25) is 0 Å². The molecule has 352 valence electrons. The predicted molar refractivity (Wildman–Crippen MR) is 248 cm³/mol. The summed E-state index contributed by atoms with van der Waals surface area (Å²) in [6.07, 6.45) is 7.89. The Bertz CT molecular complexity index is 2330. The van der Waals surface area contributed by atoms with E-state index in [9.17, 15) is 38.2 Å². The van der Waals surface area contributed by atoms with E-state index in [0.717, 1.165) is 111 Å². The highest BCUT2D eigenvalue weighted by Crippen LogP contribution is 2.38. The standard InChI is InChI=1S/C49H62F2N10O5/c1-30(62)59-24-16-40(39(29-59)46(53)60-17-4-6-33-25-37(34(27-52)28-54-2)38(45(50)51)26-42(33)60)55-35-14-22-58(23-15-35)20-12-31-10-18-57(19-11-31)21-13-32-5-3-7-36-44(32)49(66)61(48(36)65)41-8-9-43(63)56-47(41)64/h3,5,7,25-28,31,35,41,45,52-55H,4,6,8-24,29H2,1-2H3,(H,56,63,64)/b34-28+,52-27?,53-46?. The highest BCUT2D eigenvalue weighted by molar-refractivity contribution is 6.24. The molecule has 8 rings (SSSR count). The van der Waals surface area contributed by atoms with Crippen LogP contribution in [-0.4, -0.2) is 139 Å². The van der Waals surface area contributed by atoms with E-state index in [1.165, 1.54) is 6.07 Å². The number of allylic oxidation sites excluding steroid dienone is 1. The summed E-state index contributed by atoms with van der Waals surface area (Å²) in [6.45, 7) is 8.51. The number of hydrogen-bond donors (Lipinski definition) is 5. The number of fused-ring (bicyclic) bond motifs is 2. The Morgan fingerprint density at radius 2 is 1.67 bits per heavy atom. The lowest BCUT2D eigenvalue weighted by atomic mass is 9.91. The number of piperidine rings is 3. The van der Waals surface area contributed by atoms with Crippen molar-refractivity contribution >= 4 is 52.8 Å². The zero-order valence-electron chi connectivity index (χ0n) is 38.0. The number of amidine groups is 1. The number of nitrogens with one attached hydrogen (secondary N) is 5. The van der Waals surface area contributed by atoms with Crippen LogP contribution in [0.25, 0.3) is 5.57 Å². The Hall–Kier alpha value is -5.81. The van der Waals surface area contributed by atoms with Crippen LogP contribution < -0.4 is 20.9 Å². The van der Waals surface area contributed by atoms with Crippen molar-refractivity contribution in [2.24, 2.45) is 5.92 Å². The third kappa shape index (κ3) is 9.82. The maximum absolute atomic E-state index is 14.6. The summed E-state index contributed by atoms with van der Waals surface area (Å²) >= 11 is 0. The van der Waals surface area contributed by atoms with E-state index in [4.69, 9.17) is 5.41 Å². The molecule has 1 unspecified atom stereocenters. The lowest BCUT2D eigenvalue weighted by molar-refractivity contribution is -0.136. The molecule has 0 radical (unpaired) electrons. The molecule has 2 aromatic carbocycles. The highest BCUT2D eigenvalue weighted by atomic mass is 19.3. The summed E-state index contributed by atoms with van der Waals surface area (Å²) in [7, 11) is 1.67. The van der Waals surface area contributed by atoms with Gasteiger partial charge in [-0.1, -0.05) is 12.1 Å². The topological polar surface area (TPSA) is 185 Å². The quantitative estimate of drug-likeness (QED) is 0.0996. The van der Waals surface area contributed by atoms with Crippen molar-refractivity contribution < 1.29 is 32.8 Å². The van der Waals surface area contributed by atoms with Gasteiger partial charge in [-0.05, 0) is 118 Å². The Balaban J connectivity index is 0.830. The summed E-state index contributed by atoms with van der Waals surface area (Å²) in [6, 6.07) is 7.79. The van der Waals surface area contributed by atoms with Gasteiger partial charge in [-0.3, -0.25) is 39.6 Å². The van der Waals surface area contributed by atoms with Gasteiger partial charge in [0.25, 0.3) is 18.2 Å². The van der Waals surface area contributed by atoms with Gasteiger partial charge in [-0.2, -0.15) is 0 Å². The van der Waals surface area contributed by atoms with Crippen molar-refractivity contribution in [3.05, 3.63) is 81.2 Å². The van der Waals surface area contributed by atoms with Crippen LogP contribution in [0.3, 0.4) is 0 Å². The second-order valence-corrected chi connectivity index (χ2v) is 18.5. The first-order chi connectivity index (χ1) is 31.8. The number of imide groups is 2. The lowest BCUT2D eigenvalue weighted by Crippen LogP contribution is -2.54. The molecular weight excluding hydrogens is 847 g/mol. The van der Waals surface area contributed by atoms with Crippen molar-refractivity contribution in [2.75, 3.05) is 70.9 Å². The molecule has 5 amide bonds. The van der Waals surface area contributed by atoms with Crippen LogP contribution in [0.4, 0.5) is 14.5 Å². The van der Waals surface area contributed by atoms with Crippen LogP contribution >= 0.6 is 0 Å². The Labute approximate surface area is 385 Å². The molecule has 66 heavy (non-hydrogen) atoms. The number of aryl methyl sites for hydroxylation is 1. The number of amides is 5. The fourth-order valence-electron chi connectivity index (χ4n) is 10.7. The Morgan fingerprint density at radius 1 is 0.924 bits per heavy atom. The molecular formula is C49H62F2N10O5. The fourth-order valence-corrected chi connectivity index (χ4v) is 10.7. The van der Waals surface area contributed by atoms with E-state index < -0.39 is 36.1 Å². The van der Waals surface area contributed by atoms with Gasteiger partial charge in [-0.25, -0.2) is 8.78 Å². The van der Waals surface area contributed by atoms with Gasteiger partial charge in [0, 0.05) is 106 Å². The van der Waals surface area contributed by atoms with E-state index in [-0.39, 0.29) is 42.7 Å². The summed E-state index contributed by atoms with van der Waals surface area (Å²) in [5.41, 5.74) is 5.10. The van der Waals surface area contributed by atoms with Gasteiger partial charge < -0.3 is 35.6 Å². The SMILES string of the molecule is CN/C=C(\C=N)c1cc2c(cc1C(F)F)N(C(=N)C1=C(NC3CCN(CCC4CCN(CCc5cccc6c5C(=O)N(C5CCC(=O)NC5=O)C6=O)CC4)CC3)CCN(C(C)=O)C1)CCC2. The lowest BCUT2D eigenvalue weighted by Gasteiger charge is -2.39. The van der Waals surface area contributed by atoms with Gasteiger partial charge >= 0.3 is 0 Å². The van der Waals surface area contributed by atoms with Gasteiger partial charge in [0.2, 0.25) is 17.7 Å². The molecule has 0 saturated carbocycles. The molecule has 1 atom stereocenters. The third-order valence-electron chi connectivity index (χ3n) is 14.5. The number of hydrogen-bond acceptors (Lipinski definition) is 11. The number of nitrogens with zero attached hydrogens (tertiary/aromatic N) is 5. The van der Waals surface area contributed by atoms with Gasteiger partial charge in [0.05, 0.1) is 17.7 Å². The van der Waals surface area contributed by atoms with Crippen LogP contribution in [0.5, 0.6) is 0 Å². The molecule has 15 nitrogen and oxygen atoms in total. The second-order valence-electron chi connectivity index (χ2n) is 18.5. The molecule has 0 aliphatic carbocycles. The Kier molecular flexibility index (Phi) is 14.4. The number of carbonyl (C=O) groups excluding carboxylic acids is 5. The van der Waals surface area contributed by atoms with Crippen molar-refractivity contribution in [1.29, 1.82) is 10.8 Å². The number of anilines is 1. The molecule has 3 fully saturated rings. The second kappa shape index (κ2) is 20.4. The minimum absolute atomic E-state index is 0.0643. The molecule has 2 aromatic rings. The van der Waals surface area contributed by atoms with E-state index in [1.54, 1.807) is 43.3 Å². The normalized spacial score (nSPS) is 21.6. The van der Waals surface area contributed by atoms with Crippen molar-refractivity contribution in [3.8, 4) is 0 Å². The first-order valence-corrected chi connectivity index (χ1v) is 23.6. The first-order valence-electron chi connectivity index (χ1n) is 23.6. The summed E-state index contributed by atoms with van der Waals surface area (Å²) in [5.74, 6) is -1.16. The number of likely N-dealkylation sites (tertiary alicyclic amines) is 2. The monoisotopic (exact) mass is 908 g/mol. The minimum atomic E-state index is -2.77. The number of carbonyl (C=O) groups is 5. The summed E-state index contributed by atoms with van der Waals surface area (Å²) in [5, 5.41) is 26.3. The van der Waals surface area contributed by atoms with Gasteiger partial charge in [-0.15, -0.1) is 0 Å². The number of rotatable bonds is 14. The third-order valence-corrected chi connectivity index (χ3v) is 14.5. The van der Waals surface area contributed by atoms with Gasteiger partial charge in [0.15, 0.2) is 0 Å². The van der Waals surface area contributed by atoms with Crippen LogP contribution in [0.15, 0.2) is 47.8 Å². The van der Waals surface area contributed by atoms with Crippen molar-refractivity contribution in [2.45, 2.75) is 96.1 Å². The molecule has 17 heteroatoms. The molecule has 3 saturated heterocycles. The van der Waals surface area contributed by atoms with E-state index in [0.29, 0.717) is 66.2 Å². The molecule has 6 aliphatic rings. The zero-order valence-corrected chi connectivity index (χ0v) is 38.0. The number of halogens is 2. The van der Waals surface area contributed by atoms with Crippen LogP contribution in [-0.2, 0) is 27.2 Å².